The Hall–Kier alpha value is -1.72. The first-order valence-corrected chi connectivity index (χ1v) is 3.74. The lowest BCUT2D eigenvalue weighted by atomic mass is 10.3. The fraction of sp³-hybridized carbons (Fsp3) is 0.429. The predicted molar refractivity (Wildman–Crippen MR) is 46.0 cm³/mol. The van der Waals surface area contributed by atoms with Crippen LogP contribution < -0.4 is 0 Å². The maximum Gasteiger partial charge on any atom is 0.295 e. The van der Waals surface area contributed by atoms with E-state index in [1.807, 2.05) is 6.92 Å². The van der Waals surface area contributed by atoms with Gasteiger partial charge in [-0.05, 0) is 12.1 Å². The Labute approximate surface area is 75.6 Å². The molecule has 6 heteroatoms. The van der Waals surface area contributed by atoms with E-state index < -0.39 is 0 Å². The average molecular weight is 181 g/mol. The number of carbonyl (C=O) groups is 1. The molecule has 0 aliphatic rings. The van der Waals surface area contributed by atoms with E-state index in [9.17, 15) is 4.79 Å². The lowest BCUT2D eigenvalue weighted by molar-refractivity contribution is 0.0795. The Bertz CT molecular complexity index is 305. The van der Waals surface area contributed by atoms with Gasteiger partial charge >= 0.3 is 0 Å². The lowest BCUT2D eigenvalue weighted by Gasteiger charge is -2.14. The van der Waals surface area contributed by atoms with Crippen molar-refractivity contribution in [2.75, 3.05) is 13.6 Å². The number of carbonyl (C=O) groups excluding carboxylic acids is 1. The van der Waals surface area contributed by atoms with Crippen molar-refractivity contribution in [3.63, 3.8) is 0 Å². The number of amides is 1. The van der Waals surface area contributed by atoms with Crippen LogP contribution in [-0.4, -0.2) is 45.0 Å². The summed E-state index contributed by atoms with van der Waals surface area (Å²) in [5.41, 5.74) is 0.902. The number of aromatic amines is 1. The van der Waals surface area contributed by atoms with Crippen LogP contribution in [0.3, 0.4) is 0 Å². The Morgan fingerprint density at radius 1 is 1.69 bits per heavy atom. The van der Waals surface area contributed by atoms with Crippen molar-refractivity contribution in [2.24, 2.45) is 0 Å². The van der Waals surface area contributed by atoms with Crippen LogP contribution in [0.25, 0.3) is 0 Å². The molecule has 0 bridgehead atoms. The van der Waals surface area contributed by atoms with Crippen molar-refractivity contribution in [1.82, 2.24) is 25.5 Å². The highest BCUT2D eigenvalue weighted by molar-refractivity contribution is 5.90. The van der Waals surface area contributed by atoms with Gasteiger partial charge in [-0.25, -0.2) is 0 Å². The van der Waals surface area contributed by atoms with E-state index in [4.69, 9.17) is 0 Å². The standard InChI is InChI=1S/C7H11N5O/c1-5(2)4-12(3)7(13)6-8-10-11-9-6/h1,4H2,2-3H3,(H,8,9,10,11). The molecule has 1 heterocycles. The molecule has 0 spiro atoms. The molecule has 0 saturated carbocycles. The summed E-state index contributed by atoms with van der Waals surface area (Å²) in [4.78, 5) is 12.9. The molecule has 1 rings (SSSR count). The number of likely N-dealkylation sites (N-methyl/N-ethyl adjacent to an activating group) is 1. The molecule has 0 aliphatic carbocycles. The fourth-order valence-corrected chi connectivity index (χ4v) is 0.900. The van der Waals surface area contributed by atoms with E-state index in [-0.39, 0.29) is 11.7 Å². The molecule has 70 valence electrons. The minimum Gasteiger partial charge on any atom is -0.335 e. The zero-order valence-electron chi connectivity index (χ0n) is 7.61. The van der Waals surface area contributed by atoms with Crippen molar-refractivity contribution in [1.29, 1.82) is 0 Å². The van der Waals surface area contributed by atoms with E-state index in [0.29, 0.717) is 6.54 Å². The van der Waals surface area contributed by atoms with Gasteiger partial charge in [0.05, 0.1) is 0 Å². The molecular weight excluding hydrogens is 170 g/mol. The van der Waals surface area contributed by atoms with Gasteiger partial charge in [0.15, 0.2) is 0 Å². The minimum atomic E-state index is -0.267. The molecule has 6 nitrogen and oxygen atoms in total. The Morgan fingerprint density at radius 3 is 2.85 bits per heavy atom. The summed E-state index contributed by atoms with van der Waals surface area (Å²) >= 11 is 0. The van der Waals surface area contributed by atoms with Gasteiger partial charge in [-0.1, -0.05) is 12.2 Å². The second-order valence-corrected chi connectivity index (χ2v) is 2.85. The summed E-state index contributed by atoms with van der Waals surface area (Å²) in [5, 5.41) is 12.7. The monoisotopic (exact) mass is 181 g/mol. The van der Waals surface area contributed by atoms with Gasteiger partial charge in [-0.2, -0.15) is 5.21 Å². The Morgan fingerprint density at radius 2 is 2.38 bits per heavy atom. The first-order valence-electron chi connectivity index (χ1n) is 3.74. The zero-order chi connectivity index (χ0) is 9.84. The van der Waals surface area contributed by atoms with Crippen LogP contribution in [0.15, 0.2) is 12.2 Å². The van der Waals surface area contributed by atoms with Crippen LogP contribution in [0.5, 0.6) is 0 Å². The van der Waals surface area contributed by atoms with Crippen molar-refractivity contribution < 1.29 is 4.79 Å². The van der Waals surface area contributed by atoms with Gasteiger partial charge < -0.3 is 4.90 Å². The summed E-state index contributed by atoms with van der Waals surface area (Å²) in [7, 11) is 1.66. The van der Waals surface area contributed by atoms with E-state index in [2.05, 4.69) is 27.2 Å². The number of rotatable bonds is 3. The number of hydrogen-bond donors (Lipinski definition) is 1. The van der Waals surface area contributed by atoms with E-state index in [1.165, 1.54) is 4.90 Å². The minimum absolute atomic E-state index is 0.0729. The molecule has 0 atom stereocenters. The number of nitrogens with zero attached hydrogens (tertiary/aromatic N) is 4. The first kappa shape index (κ1) is 9.37. The molecule has 0 saturated heterocycles. The van der Waals surface area contributed by atoms with Crippen molar-refractivity contribution in [3.8, 4) is 0 Å². The highest BCUT2D eigenvalue weighted by Gasteiger charge is 2.15. The van der Waals surface area contributed by atoms with Crippen LogP contribution >= 0.6 is 0 Å². The molecule has 0 fully saturated rings. The zero-order valence-corrected chi connectivity index (χ0v) is 7.61. The molecule has 1 N–H and O–H groups in total. The SMILES string of the molecule is C=C(C)CN(C)C(=O)c1nn[nH]n1. The predicted octanol–water partition coefficient (Wildman–Crippen LogP) is -0.152. The van der Waals surface area contributed by atoms with Crippen LogP contribution in [0.2, 0.25) is 0 Å². The second-order valence-electron chi connectivity index (χ2n) is 2.85. The average Bonchev–Trinajstić information content (AvgIpc) is 2.53. The van der Waals surface area contributed by atoms with Crippen LogP contribution in [0, 0.1) is 0 Å². The van der Waals surface area contributed by atoms with Crippen LogP contribution in [0.1, 0.15) is 17.5 Å². The first-order chi connectivity index (χ1) is 6.11. The molecule has 13 heavy (non-hydrogen) atoms. The second kappa shape index (κ2) is 3.79. The lowest BCUT2D eigenvalue weighted by Crippen LogP contribution is -2.29. The van der Waals surface area contributed by atoms with Crippen LogP contribution in [-0.2, 0) is 0 Å². The highest BCUT2D eigenvalue weighted by atomic mass is 16.2. The summed E-state index contributed by atoms with van der Waals surface area (Å²) in [6.45, 7) is 6.04. The largest absolute Gasteiger partial charge is 0.335 e. The smallest absolute Gasteiger partial charge is 0.295 e. The Kier molecular flexibility index (Phi) is 2.73. The molecule has 1 aromatic heterocycles. The van der Waals surface area contributed by atoms with Gasteiger partial charge in [-0.3, -0.25) is 4.79 Å². The van der Waals surface area contributed by atoms with E-state index >= 15 is 0 Å². The van der Waals surface area contributed by atoms with Crippen molar-refractivity contribution in [2.45, 2.75) is 6.92 Å². The highest BCUT2D eigenvalue weighted by Crippen LogP contribution is 1.97. The molecule has 1 amide bonds. The molecule has 0 radical (unpaired) electrons. The van der Waals surface area contributed by atoms with Gasteiger partial charge in [0, 0.05) is 13.6 Å². The van der Waals surface area contributed by atoms with E-state index in [1.54, 1.807) is 7.05 Å². The topological polar surface area (TPSA) is 74.8 Å². The third-order valence-corrected chi connectivity index (χ3v) is 1.39. The fourth-order valence-electron chi connectivity index (χ4n) is 0.900. The quantitative estimate of drug-likeness (QED) is 0.658. The normalized spacial score (nSPS) is 9.69. The van der Waals surface area contributed by atoms with Crippen molar-refractivity contribution >= 4 is 5.91 Å². The van der Waals surface area contributed by atoms with Gasteiger partial charge in [-0.15, -0.1) is 10.2 Å². The number of H-pyrrole nitrogens is 1. The Balaban J connectivity index is 2.63. The summed E-state index contributed by atoms with van der Waals surface area (Å²) < 4.78 is 0. The molecule has 0 aliphatic heterocycles. The van der Waals surface area contributed by atoms with Gasteiger partial charge in [0.2, 0.25) is 0 Å². The van der Waals surface area contributed by atoms with Gasteiger partial charge in [0.1, 0.15) is 0 Å². The molecule has 0 unspecified atom stereocenters. The summed E-state index contributed by atoms with van der Waals surface area (Å²) in [6, 6.07) is 0. The maximum atomic E-state index is 11.4. The summed E-state index contributed by atoms with van der Waals surface area (Å²) in [5.74, 6) is -0.194. The molecule has 1 aromatic rings. The number of nitrogens with one attached hydrogen (secondary N) is 1. The van der Waals surface area contributed by atoms with E-state index in [0.717, 1.165) is 5.57 Å². The molecule has 0 aromatic carbocycles. The number of hydrogen-bond acceptors (Lipinski definition) is 4. The summed E-state index contributed by atoms with van der Waals surface area (Å²) in [6.07, 6.45) is 0. The number of aromatic nitrogens is 4. The number of tetrazole rings is 1. The van der Waals surface area contributed by atoms with Gasteiger partial charge in [0.25, 0.3) is 11.7 Å². The third kappa shape index (κ3) is 2.36. The molecular formula is C7H11N5O. The van der Waals surface area contributed by atoms with Crippen molar-refractivity contribution in [3.05, 3.63) is 18.0 Å². The third-order valence-electron chi connectivity index (χ3n) is 1.39. The maximum absolute atomic E-state index is 11.4. The van der Waals surface area contributed by atoms with Crippen LogP contribution in [0.4, 0.5) is 0 Å².